The maximum absolute atomic E-state index is 11.3. The van der Waals surface area contributed by atoms with Gasteiger partial charge in [-0.1, -0.05) is 64.2 Å². The lowest BCUT2D eigenvalue weighted by molar-refractivity contribution is -0.143. The maximum Gasteiger partial charge on any atom is 0.309 e. The predicted molar refractivity (Wildman–Crippen MR) is 119 cm³/mol. The van der Waals surface area contributed by atoms with Crippen LogP contribution in [0.3, 0.4) is 0 Å². The lowest BCUT2D eigenvalue weighted by atomic mass is 9.88. The highest BCUT2D eigenvalue weighted by atomic mass is 16.4. The first-order chi connectivity index (χ1) is 13.1. The molecule has 158 valence electrons. The molecular formula is C26H42O2. The third-order valence-corrected chi connectivity index (χ3v) is 6.47. The van der Waals surface area contributed by atoms with Crippen LogP contribution in [0.4, 0.5) is 0 Å². The fourth-order valence-corrected chi connectivity index (χ4v) is 4.48. The number of benzene rings is 1. The third kappa shape index (κ3) is 7.26. The van der Waals surface area contributed by atoms with Crippen LogP contribution in [-0.4, -0.2) is 11.1 Å². The molecule has 2 heteroatoms. The van der Waals surface area contributed by atoms with Crippen molar-refractivity contribution in [2.24, 2.45) is 10.8 Å². The van der Waals surface area contributed by atoms with Crippen LogP contribution >= 0.6 is 0 Å². The monoisotopic (exact) mass is 386 g/mol. The largest absolute Gasteiger partial charge is 0.481 e. The van der Waals surface area contributed by atoms with E-state index in [9.17, 15) is 9.90 Å². The van der Waals surface area contributed by atoms with E-state index in [1.165, 1.54) is 49.7 Å². The van der Waals surface area contributed by atoms with Crippen LogP contribution < -0.4 is 0 Å². The lowest BCUT2D eigenvalue weighted by Crippen LogP contribution is -2.14. The molecule has 28 heavy (non-hydrogen) atoms. The first-order valence-corrected chi connectivity index (χ1v) is 11.5. The number of aryl methyl sites for hydroxylation is 3. The molecule has 0 aromatic heterocycles. The van der Waals surface area contributed by atoms with E-state index >= 15 is 0 Å². The molecule has 0 spiro atoms. The standard InChI is InChI=1S/C26H42O2/c1-20-18-21(2)23(13-9-7-11-15-26(16-17-26)24(27)28)22(19-20)12-8-6-10-14-25(3,4)5/h18-19H,6-17H2,1-5H3,(H,27,28). The smallest absolute Gasteiger partial charge is 0.309 e. The molecule has 1 saturated carbocycles. The van der Waals surface area contributed by atoms with E-state index in [1.807, 2.05) is 0 Å². The van der Waals surface area contributed by atoms with Crippen LogP contribution in [0.15, 0.2) is 12.1 Å². The van der Waals surface area contributed by atoms with Gasteiger partial charge >= 0.3 is 5.97 Å². The Labute approximate surface area is 173 Å². The molecule has 1 fully saturated rings. The number of aliphatic carboxylic acids is 1. The predicted octanol–water partition coefficient (Wildman–Crippen LogP) is 7.42. The summed E-state index contributed by atoms with van der Waals surface area (Å²) in [5.74, 6) is -0.573. The summed E-state index contributed by atoms with van der Waals surface area (Å²) in [4.78, 5) is 11.3. The van der Waals surface area contributed by atoms with E-state index < -0.39 is 5.97 Å². The fraction of sp³-hybridized carbons (Fsp3) is 0.731. The number of carboxylic acids is 1. The first kappa shape index (κ1) is 23.0. The van der Waals surface area contributed by atoms with Crippen LogP contribution in [0, 0.1) is 24.7 Å². The fourth-order valence-electron chi connectivity index (χ4n) is 4.48. The molecule has 0 atom stereocenters. The molecule has 0 amide bonds. The summed E-state index contributed by atoms with van der Waals surface area (Å²) in [6.07, 6.45) is 13.6. The van der Waals surface area contributed by atoms with E-state index in [0.29, 0.717) is 5.41 Å². The van der Waals surface area contributed by atoms with Crippen molar-refractivity contribution in [1.82, 2.24) is 0 Å². The average Bonchev–Trinajstić information content (AvgIpc) is 3.36. The van der Waals surface area contributed by atoms with Crippen LogP contribution in [0.1, 0.15) is 107 Å². The van der Waals surface area contributed by atoms with Crippen LogP contribution in [0.2, 0.25) is 0 Å². The molecule has 0 bridgehead atoms. The number of rotatable bonds is 12. The second-order valence-corrected chi connectivity index (χ2v) is 10.5. The number of carboxylic acid groups (broad SMARTS) is 1. The molecule has 0 unspecified atom stereocenters. The Bertz CT molecular complexity index is 647. The Morgan fingerprint density at radius 3 is 2.21 bits per heavy atom. The van der Waals surface area contributed by atoms with E-state index in [2.05, 4.69) is 46.8 Å². The highest BCUT2D eigenvalue weighted by molar-refractivity contribution is 5.77. The molecule has 0 aliphatic heterocycles. The van der Waals surface area contributed by atoms with Gasteiger partial charge in [-0.25, -0.2) is 0 Å². The molecule has 2 rings (SSSR count). The molecule has 0 radical (unpaired) electrons. The Morgan fingerprint density at radius 2 is 1.61 bits per heavy atom. The first-order valence-electron chi connectivity index (χ1n) is 11.5. The van der Waals surface area contributed by atoms with Gasteiger partial charge in [-0.05, 0) is 87.3 Å². The van der Waals surface area contributed by atoms with Crippen molar-refractivity contribution in [3.05, 3.63) is 34.4 Å². The summed E-state index contributed by atoms with van der Waals surface area (Å²) in [6.45, 7) is 11.5. The average molecular weight is 387 g/mol. The molecule has 1 aromatic rings. The molecule has 0 heterocycles. The van der Waals surface area contributed by atoms with Gasteiger partial charge < -0.3 is 5.11 Å². The van der Waals surface area contributed by atoms with Crippen molar-refractivity contribution in [2.45, 2.75) is 112 Å². The Morgan fingerprint density at radius 1 is 0.964 bits per heavy atom. The number of hydrogen-bond acceptors (Lipinski definition) is 1. The summed E-state index contributed by atoms with van der Waals surface area (Å²) < 4.78 is 0. The SMILES string of the molecule is Cc1cc(C)c(CCCCCC2(C(=O)O)CC2)c(CCCCCC(C)(C)C)c1. The highest BCUT2D eigenvalue weighted by Gasteiger charge is 2.49. The number of unbranched alkanes of at least 4 members (excludes halogenated alkanes) is 4. The highest BCUT2D eigenvalue weighted by Crippen LogP contribution is 2.50. The van der Waals surface area contributed by atoms with Crippen LogP contribution in [-0.2, 0) is 17.6 Å². The van der Waals surface area contributed by atoms with Gasteiger partial charge in [0.05, 0.1) is 5.41 Å². The van der Waals surface area contributed by atoms with E-state index in [1.54, 1.807) is 11.1 Å². The Hall–Kier alpha value is -1.31. The van der Waals surface area contributed by atoms with Crippen LogP contribution in [0.25, 0.3) is 0 Å². The van der Waals surface area contributed by atoms with Gasteiger partial charge in [0.2, 0.25) is 0 Å². The molecule has 1 aliphatic rings. The Balaban J connectivity index is 1.79. The van der Waals surface area contributed by atoms with E-state index in [-0.39, 0.29) is 5.41 Å². The normalized spacial score (nSPS) is 15.6. The van der Waals surface area contributed by atoms with E-state index in [4.69, 9.17) is 0 Å². The second-order valence-electron chi connectivity index (χ2n) is 10.5. The van der Waals surface area contributed by atoms with Gasteiger partial charge in [-0.2, -0.15) is 0 Å². The van der Waals surface area contributed by atoms with Crippen LogP contribution in [0.5, 0.6) is 0 Å². The molecule has 0 saturated heterocycles. The molecule has 1 aromatic carbocycles. The quantitative estimate of drug-likeness (QED) is 0.379. The lowest BCUT2D eigenvalue weighted by Gasteiger charge is -2.18. The Kier molecular flexibility index (Phi) is 8.16. The third-order valence-electron chi connectivity index (χ3n) is 6.47. The van der Waals surface area contributed by atoms with Crippen molar-refractivity contribution in [1.29, 1.82) is 0 Å². The minimum absolute atomic E-state index is 0.349. The zero-order valence-corrected chi connectivity index (χ0v) is 19.0. The van der Waals surface area contributed by atoms with E-state index in [0.717, 1.165) is 38.5 Å². The zero-order valence-electron chi connectivity index (χ0n) is 19.0. The maximum atomic E-state index is 11.3. The molecular weight excluding hydrogens is 344 g/mol. The van der Waals surface area contributed by atoms with Gasteiger partial charge in [-0.3, -0.25) is 4.79 Å². The molecule has 1 N–H and O–H groups in total. The second kappa shape index (κ2) is 9.94. The summed E-state index contributed by atoms with van der Waals surface area (Å²) in [6, 6.07) is 4.72. The van der Waals surface area contributed by atoms with Crippen molar-refractivity contribution in [2.75, 3.05) is 0 Å². The molecule has 2 nitrogen and oxygen atoms in total. The summed E-state index contributed by atoms with van der Waals surface area (Å²) >= 11 is 0. The van der Waals surface area contributed by atoms with Gasteiger partial charge in [0.25, 0.3) is 0 Å². The number of hydrogen-bond donors (Lipinski definition) is 1. The summed E-state index contributed by atoms with van der Waals surface area (Å²) in [7, 11) is 0. The van der Waals surface area contributed by atoms with Crippen molar-refractivity contribution in [3.63, 3.8) is 0 Å². The summed E-state index contributed by atoms with van der Waals surface area (Å²) in [5, 5.41) is 9.30. The van der Waals surface area contributed by atoms with Crippen molar-refractivity contribution >= 4 is 5.97 Å². The van der Waals surface area contributed by atoms with Gasteiger partial charge in [-0.15, -0.1) is 0 Å². The molecule has 1 aliphatic carbocycles. The summed E-state index contributed by atoms with van der Waals surface area (Å²) in [5.41, 5.74) is 6.03. The topological polar surface area (TPSA) is 37.3 Å². The minimum atomic E-state index is -0.573. The van der Waals surface area contributed by atoms with Gasteiger partial charge in [0.15, 0.2) is 0 Å². The van der Waals surface area contributed by atoms with Crippen molar-refractivity contribution in [3.8, 4) is 0 Å². The van der Waals surface area contributed by atoms with Crippen molar-refractivity contribution < 1.29 is 9.90 Å². The van der Waals surface area contributed by atoms with Gasteiger partial charge in [0, 0.05) is 0 Å². The zero-order chi connectivity index (χ0) is 20.8. The minimum Gasteiger partial charge on any atom is -0.481 e. The number of carbonyl (C=O) groups is 1. The van der Waals surface area contributed by atoms with Gasteiger partial charge in [0.1, 0.15) is 0 Å².